The number of hydrogen-bond donors (Lipinski definition) is 0. The number of nitrogens with zero attached hydrogens (tertiary/aromatic N) is 2. The predicted molar refractivity (Wildman–Crippen MR) is 111 cm³/mol. The van der Waals surface area contributed by atoms with Crippen molar-refractivity contribution in [2.45, 2.75) is 6.92 Å². The second-order valence-corrected chi connectivity index (χ2v) is 6.84. The maximum Gasteiger partial charge on any atom is 0.337 e. The highest BCUT2D eigenvalue weighted by Crippen LogP contribution is 2.35. The van der Waals surface area contributed by atoms with Gasteiger partial charge in [-0.2, -0.15) is 0 Å². The zero-order valence-electron chi connectivity index (χ0n) is 15.8. The molecule has 2 aromatic rings. The molecule has 0 atom stereocenters. The van der Waals surface area contributed by atoms with Crippen molar-refractivity contribution in [3.63, 3.8) is 0 Å². The van der Waals surface area contributed by atoms with Gasteiger partial charge >= 0.3 is 5.97 Å². The third kappa shape index (κ3) is 4.09. The lowest BCUT2D eigenvalue weighted by molar-refractivity contribution is -0.122. The molecule has 2 aromatic carbocycles. The van der Waals surface area contributed by atoms with Crippen LogP contribution >= 0.6 is 11.8 Å². The maximum atomic E-state index is 12.8. The zero-order valence-corrected chi connectivity index (χ0v) is 16.7. The summed E-state index contributed by atoms with van der Waals surface area (Å²) in [4.78, 5) is 31.1. The van der Waals surface area contributed by atoms with E-state index in [1.165, 1.54) is 18.9 Å². The number of carbonyl (C=O) groups is 2. The summed E-state index contributed by atoms with van der Waals surface area (Å²) in [5, 5.41) is 0.597. The summed E-state index contributed by atoms with van der Waals surface area (Å²) in [6, 6.07) is 14.3. The van der Waals surface area contributed by atoms with E-state index in [2.05, 4.69) is 4.99 Å². The fourth-order valence-corrected chi connectivity index (χ4v) is 3.75. The average molecular weight is 396 g/mol. The van der Waals surface area contributed by atoms with Gasteiger partial charge in [0.05, 0.1) is 30.4 Å². The van der Waals surface area contributed by atoms with Gasteiger partial charge in [-0.15, -0.1) is 0 Å². The molecule has 6 nitrogen and oxygen atoms in total. The molecule has 0 aliphatic carbocycles. The van der Waals surface area contributed by atoms with Gasteiger partial charge in [0.25, 0.3) is 5.91 Å². The molecule has 0 bridgehead atoms. The van der Waals surface area contributed by atoms with Gasteiger partial charge in [0.2, 0.25) is 0 Å². The van der Waals surface area contributed by atoms with Crippen molar-refractivity contribution < 1.29 is 19.1 Å². The molecule has 1 aliphatic rings. The van der Waals surface area contributed by atoms with Crippen LogP contribution in [0.5, 0.6) is 5.75 Å². The van der Waals surface area contributed by atoms with Crippen molar-refractivity contribution in [2.24, 2.45) is 4.99 Å². The summed E-state index contributed by atoms with van der Waals surface area (Å²) in [5.41, 5.74) is 1.94. The van der Waals surface area contributed by atoms with Crippen LogP contribution in [0.1, 0.15) is 22.8 Å². The molecule has 0 N–H and O–H groups in total. The number of likely N-dealkylation sites (N-methyl/N-ethyl adjacent to an activating group) is 1. The summed E-state index contributed by atoms with van der Waals surface area (Å²) in [6.07, 6.45) is 1.82. The van der Waals surface area contributed by atoms with Crippen LogP contribution in [0, 0.1) is 0 Å². The van der Waals surface area contributed by atoms with Crippen LogP contribution in [0.25, 0.3) is 6.08 Å². The molecule has 0 unspecified atom stereocenters. The maximum absolute atomic E-state index is 12.8. The first-order chi connectivity index (χ1) is 13.6. The predicted octanol–water partition coefficient (Wildman–Crippen LogP) is 4.11. The third-order valence-corrected chi connectivity index (χ3v) is 5.15. The molecular formula is C21H20N2O4S. The number of carbonyl (C=O) groups excluding carboxylic acids is 2. The van der Waals surface area contributed by atoms with Gasteiger partial charge in [-0.1, -0.05) is 18.2 Å². The first-order valence-electron chi connectivity index (χ1n) is 8.69. The van der Waals surface area contributed by atoms with Crippen LogP contribution in [-0.4, -0.2) is 42.7 Å². The third-order valence-electron chi connectivity index (χ3n) is 4.14. The van der Waals surface area contributed by atoms with Gasteiger partial charge in [0.15, 0.2) is 5.17 Å². The van der Waals surface area contributed by atoms with E-state index in [0.29, 0.717) is 33.6 Å². The Kier molecular flexibility index (Phi) is 6.16. The minimum atomic E-state index is -0.401. The van der Waals surface area contributed by atoms with E-state index in [9.17, 15) is 9.59 Å². The highest BCUT2D eigenvalue weighted by atomic mass is 32.2. The molecule has 1 saturated heterocycles. The monoisotopic (exact) mass is 396 g/mol. The lowest BCUT2D eigenvalue weighted by Gasteiger charge is -2.12. The van der Waals surface area contributed by atoms with Gasteiger partial charge in [0.1, 0.15) is 5.75 Å². The SMILES string of the molecule is CCN1C(=O)/C(=C\c2ccccc2OC)SC1=Nc1ccc(C(=O)OC)cc1. The molecule has 0 radical (unpaired) electrons. The Hall–Kier alpha value is -3.06. The minimum absolute atomic E-state index is 0.0941. The van der Waals surface area contributed by atoms with Crippen molar-refractivity contribution >= 4 is 40.6 Å². The van der Waals surface area contributed by atoms with E-state index in [4.69, 9.17) is 9.47 Å². The molecule has 1 fully saturated rings. The van der Waals surface area contributed by atoms with Crippen LogP contribution in [0.4, 0.5) is 5.69 Å². The van der Waals surface area contributed by atoms with Crippen molar-refractivity contribution in [1.29, 1.82) is 0 Å². The minimum Gasteiger partial charge on any atom is -0.496 e. The number of aliphatic imine (C=N–C) groups is 1. The fourth-order valence-electron chi connectivity index (χ4n) is 2.70. The standard InChI is InChI=1S/C21H20N2O4S/c1-4-23-19(24)18(13-15-7-5-6-8-17(15)26-2)28-21(23)22-16-11-9-14(10-12-16)20(25)27-3/h5-13H,4H2,1-3H3/b18-13+,22-21?. The van der Waals surface area contributed by atoms with E-state index in [1.807, 2.05) is 37.3 Å². The topological polar surface area (TPSA) is 68.2 Å². The number of methoxy groups -OCH3 is 2. The number of esters is 1. The van der Waals surface area contributed by atoms with E-state index in [0.717, 1.165) is 5.56 Å². The molecule has 3 rings (SSSR count). The summed E-state index contributed by atoms with van der Waals surface area (Å²) >= 11 is 1.32. The second kappa shape index (κ2) is 8.75. The second-order valence-electron chi connectivity index (χ2n) is 5.83. The Morgan fingerprint density at radius 3 is 2.50 bits per heavy atom. The highest BCUT2D eigenvalue weighted by Gasteiger charge is 2.32. The molecule has 28 heavy (non-hydrogen) atoms. The van der Waals surface area contributed by atoms with Crippen LogP contribution in [0.3, 0.4) is 0 Å². The van der Waals surface area contributed by atoms with Crippen LogP contribution in [0.2, 0.25) is 0 Å². The van der Waals surface area contributed by atoms with Crippen molar-refractivity contribution in [3.05, 3.63) is 64.6 Å². The van der Waals surface area contributed by atoms with Crippen LogP contribution in [-0.2, 0) is 9.53 Å². The van der Waals surface area contributed by atoms with Gasteiger partial charge in [-0.25, -0.2) is 9.79 Å². The largest absolute Gasteiger partial charge is 0.496 e. The fraction of sp³-hybridized carbons (Fsp3) is 0.190. The highest BCUT2D eigenvalue weighted by molar-refractivity contribution is 8.18. The lowest BCUT2D eigenvalue weighted by Crippen LogP contribution is -2.28. The van der Waals surface area contributed by atoms with Crippen LogP contribution in [0.15, 0.2) is 58.4 Å². The zero-order chi connectivity index (χ0) is 20.1. The first kappa shape index (κ1) is 19.7. The Labute approximate surface area is 167 Å². The Morgan fingerprint density at radius 2 is 1.86 bits per heavy atom. The number of para-hydroxylation sites is 1. The number of thioether (sulfide) groups is 1. The Balaban J connectivity index is 1.90. The molecular weight excluding hydrogens is 376 g/mol. The van der Waals surface area contributed by atoms with Gasteiger partial charge in [-0.05, 0) is 55.1 Å². The number of amidine groups is 1. The number of hydrogen-bond acceptors (Lipinski definition) is 6. The molecule has 0 spiro atoms. The Morgan fingerprint density at radius 1 is 1.14 bits per heavy atom. The van der Waals surface area contributed by atoms with E-state index >= 15 is 0 Å². The summed E-state index contributed by atoms with van der Waals surface area (Å²) in [7, 11) is 2.94. The van der Waals surface area contributed by atoms with Gasteiger partial charge in [-0.3, -0.25) is 9.69 Å². The number of ether oxygens (including phenoxy) is 2. The van der Waals surface area contributed by atoms with Crippen molar-refractivity contribution in [2.75, 3.05) is 20.8 Å². The van der Waals surface area contributed by atoms with E-state index < -0.39 is 5.97 Å². The summed E-state index contributed by atoms with van der Waals surface area (Å²) in [6.45, 7) is 2.41. The van der Waals surface area contributed by atoms with E-state index in [1.54, 1.807) is 36.3 Å². The first-order valence-corrected chi connectivity index (χ1v) is 9.50. The lowest BCUT2D eigenvalue weighted by atomic mass is 10.2. The number of amides is 1. The molecule has 144 valence electrons. The molecule has 1 aliphatic heterocycles. The van der Waals surface area contributed by atoms with E-state index in [-0.39, 0.29) is 5.91 Å². The molecule has 0 saturated carbocycles. The summed E-state index contributed by atoms with van der Waals surface area (Å²) in [5.74, 6) is 0.209. The Bertz CT molecular complexity index is 951. The summed E-state index contributed by atoms with van der Waals surface area (Å²) < 4.78 is 10.1. The molecule has 1 amide bonds. The van der Waals surface area contributed by atoms with Gasteiger partial charge < -0.3 is 9.47 Å². The number of rotatable bonds is 5. The van der Waals surface area contributed by atoms with Crippen molar-refractivity contribution in [1.82, 2.24) is 4.90 Å². The molecule has 1 heterocycles. The molecule has 7 heteroatoms. The average Bonchev–Trinajstić information content (AvgIpc) is 3.02. The normalized spacial score (nSPS) is 16.7. The van der Waals surface area contributed by atoms with Crippen LogP contribution < -0.4 is 4.74 Å². The van der Waals surface area contributed by atoms with Gasteiger partial charge in [0, 0.05) is 12.1 Å². The van der Waals surface area contributed by atoms with Crippen molar-refractivity contribution in [3.8, 4) is 5.75 Å². The quantitative estimate of drug-likeness (QED) is 0.562. The number of benzene rings is 2. The smallest absolute Gasteiger partial charge is 0.337 e. The molecule has 0 aromatic heterocycles.